The third kappa shape index (κ3) is 5.38. The number of nitrogens with zero attached hydrogens (tertiary/aromatic N) is 1. The van der Waals surface area contributed by atoms with Crippen molar-refractivity contribution < 1.29 is 14.4 Å². The summed E-state index contributed by atoms with van der Waals surface area (Å²) in [4.78, 5) is 41.1. The first-order valence-corrected chi connectivity index (χ1v) is 12.5. The fourth-order valence-corrected chi connectivity index (χ4v) is 4.87. The van der Waals surface area contributed by atoms with Crippen molar-refractivity contribution in [2.24, 2.45) is 5.92 Å². The maximum Gasteiger partial charge on any atom is 0.257 e. The monoisotopic (exact) mass is 491 g/mol. The average molecular weight is 492 g/mol. The lowest BCUT2D eigenvalue weighted by Gasteiger charge is -2.31. The highest BCUT2D eigenvalue weighted by Crippen LogP contribution is 2.25. The number of aryl methyl sites for hydroxylation is 1. The maximum absolute atomic E-state index is 13.3. The smallest absolute Gasteiger partial charge is 0.257 e. The van der Waals surface area contributed by atoms with E-state index in [-0.39, 0.29) is 23.6 Å². The van der Waals surface area contributed by atoms with Gasteiger partial charge in [0.25, 0.3) is 11.8 Å². The highest BCUT2D eigenvalue weighted by atomic mass is 16.2. The predicted molar refractivity (Wildman–Crippen MR) is 147 cm³/mol. The van der Waals surface area contributed by atoms with E-state index in [1.54, 1.807) is 24.3 Å². The summed E-state index contributed by atoms with van der Waals surface area (Å²) in [5, 5.41) is 7.83. The number of piperidine rings is 1. The van der Waals surface area contributed by atoms with Crippen LogP contribution in [-0.4, -0.2) is 35.7 Å². The quantitative estimate of drug-likeness (QED) is 0.365. The molecule has 0 radical (unpaired) electrons. The number of carbonyl (C=O) groups is 3. The minimum Gasteiger partial charge on any atom is -0.339 e. The van der Waals surface area contributed by atoms with Gasteiger partial charge in [0.2, 0.25) is 5.91 Å². The van der Waals surface area contributed by atoms with E-state index in [2.05, 4.69) is 10.6 Å². The zero-order valence-electron chi connectivity index (χ0n) is 20.7. The van der Waals surface area contributed by atoms with Crippen molar-refractivity contribution in [3.8, 4) is 0 Å². The molecule has 37 heavy (non-hydrogen) atoms. The van der Waals surface area contributed by atoms with Crippen molar-refractivity contribution in [1.29, 1.82) is 0 Å². The Balaban J connectivity index is 1.22. The van der Waals surface area contributed by atoms with Crippen LogP contribution in [0.4, 0.5) is 11.4 Å². The standard InChI is InChI=1S/C31H29N3O3/c1-21-8-6-11-24(20-21)32-30(36)27-13-4-5-15-28(27)33-29(35)23-16-18-34(19-17-23)31(37)26-14-7-10-22-9-2-3-12-25(22)26/h2-15,20,23H,16-19H2,1H3,(H,32,36)(H,33,35). The number of fused-ring (bicyclic) bond motifs is 1. The highest BCUT2D eigenvalue weighted by Gasteiger charge is 2.29. The Kier molecular flexibility index (Phi) is 6.99. The van der Waals surface area contributed by atoms with Crippen molar-refractivity contribution in [3.05, 3.63) is 108 Å². The molecule has 0 atom stereocenters. The van der Waals surface area contributed by atoms with Crippen LogP contribution in [0, 0.1) is 12.8 Å². The molecule has 6 heteroatoms. The third-order valence-electron chi connectivity index (χ3n) is 6.88. The molecule has 1 saturated heterocycles. The van der Waals surface area contributed by atoms with E-state index >= 15 is 0 Å². The van der Waals surface area contributed by atoms with Gasteiger partial charge in [-0.05, 0) is 66.4 Å². The second kappa shape index (κ2) is 10.7. The molecule has 186 valence electrons. The van der Waals surface area contributed by atoms with Gasteiger partial charge in [0, 0.05) is 30.3 Å². The Bertz CT molecular complexity index is 1470. The molecule has 1 heterocycles. The molecular weight excluding hydrogens is 462 g/mol. The van der Waals surface area contributed by atoms with Crippen LogP contribution < -0.4 is 10.6 Å². The summed E-state index contributed by atoms with van der Waals surface area (Å²) < 4.78 is 0. The summed E-state index contributed by atoms with van der Waals surface area (Å²) in [6.45, 7) is 2.98. The number of carbonyl (C=O) groups excluding carboxylic acids is 3. The van der Waals surface area contributed by atoms with Gasteiger partial charge in [0.1, 0.15) is 0 Å². The third-order valence-corrected chi connectivity index (χ3v) is 6.88. The summed E-state index contributed by atoms with van der Waals surface area (Å²) in [6.07, 6.45) is 1.14. The van der Waals surface area contributed by atoms with Gasteiger partial charge in [-0.2, -0.15) is 0 Å². The van der Waals surface area contributed by atoms with Crippen molar-refractivity contribution in [2.45, 2.75) is 19.8 Å². The molecule has 4 aromatic carbocycles. The molecule has 0 aliphatic carbocycles. The van der Waals surface area contributed by atoms with Crippen LogP contribution in [0.1, 0.15) is 39.1 Å². The number of hydrogen-bond acceptors (Lipinski definition) is 3. The SMILES string of the molecule is Cc1cccc(NC(=O)c2ccccc2NC(=O)C2CCN(C(=O)c3cccc4ccccc34)CC2)c1. The molecule has 0 spiro atoms. The van der Waals surface area contributed by atoms with Gasteiger partial charge >= 0.3 is 0 Å². The van der Waals surface area contributed by atoms with Crippen LogP contribution in [0.5, 0.6) is 0 Å². The molecule has 3 amide bonds. The molecule has 0 unspecified atom stereocenters. The second-order valence-corrected chi connectivity index (χ2v) is 9.45. The molecule has 1 aliphatic heterocycles. The van der Waals surface area contributed by atoms with Gasteiger partial charge in [0.15, 0.2) is 0 Å². The lowest BCUT2D eigenvalue weighted by molar-refractivity contribution is -0.121. The molecule has 1 aliphatic rings. The van der Waals surface area contributed by atoms with Gasteiger partial charge < -0.3 is 15.5 Å². The predicted octanol–water partition coefficient (Wildman–Crippen LogP) is 5.89. The minimum absolute atomic E-state index is 0.00572. The number of para-hydroxylation sites is 1. The summed E-state index contributed by atoms with van der Waals surface area (Å²) in [6, 6.07) is 28.2. The summed E-state index contributed by atoms with van der Waals surface area (Å²) >= 11 is 0. The van der Waals surface area contributed by atoms with Gasteiger partial charge in [0.05, 0.1) is 11.3 Å². The number of anilines is 2. The largest absolute Gasteiger partial charge is 0.339 e. The lowest BCUT2D eigenvalue weighted by atomic mass is 9.94. The Morgan fingerprint density at radius 2 is 1.43 bits per heavy atom. The molecule has 6 nitrogen and oxygen atoms in total. The van der Waals surface area contributed by atoms with Crippen LogP contribution in [0.3, 0.4) is 0 Å². The molecule has 0 aromatic heterocycles. The highest BCUT2D eigenvalue weighted by molar-refractivity contribution is 6.10. The fraction of sp³-hybridized carbons (Fsp3) is 0.194. The summed E-state index contributed by atoms with van der Waals surface area (Å²) in [5.74, 6) is -0.650. The normalized spacial score (nSPS) is 13.8. The molecular formula is C31H29N3O3. The topological polar surface area (TPSA) is 78.5 Å². The van der Waals surface area contributed by atoms with Crippen LogP contribution in [-0.2, 0) is 4.79 Å². The van der Waals surface area contributed by atoms with E-state index < -0.39 is 0 Å². The Hall–Kier alpha value is -4.45. The van der Waals surface area contributed by atoms with Gasteiger partial charge in [-0.25, -0.2) is 0 Å². The van der Waals surface area contributed by atoms with Crippen LogP contribution in [0.15, 0.2) is 91.0 Å². The molecule has 0 saturated carbocycles. The number of benzene rings is 4. The first-order chi connectivity index (χ1) is 18.0. The molecule has 2 N–H and O–H groups in total. The molecule has 5 rings (SSSR count). The zero-order chi connectivity index (χ0) is 25.8. The van der Waals surface area contributed by atoms with Gasteiger partial charge in [-0.15, -0.1) is 0 Å². The van der Waals surface area contributed by atoms with Crippen molar-refractivity contribution >= 4 is 39.9 Å². The van der Waals surface area contributed by atoms with E-state index in [0.717, 1.165) is 16.3 Å². The van der Waals surface area contributed by atoms with E-state index in [4.69, 9.17) is 0 Å². The van der Waals surface area contributed by atoms with Crippen LogP contribution >= 0.6 is 0 Å². The molecule has 1 fully saturated rings. The number of nitrogens with one attached hydrogen (secondary N) is 2. The summed E-state index contributed by atoms with van der Waals surface area (Å²) in [5.41, 5.74) is 3.32. The van der Waals surface area contributed by atoms with Crippen LogP contribution in [0.25, 0.3) is 10.8 Å². The molecule has 0 bridgehead atoms. The van der Waals surface area contributed by atoms with Crippen molar-refractivity contribution in [2.75, 3.05) is 23.7 Å². The summed E-state index contributed by atoms with van der Waals surface area (Å²) in [7, 11) is 0. The van der Waals surface area contributed by atoms with Gasteiger partial charge in [-0.1, -0.05) is 60.7 Å². The van der Waals surface area contributed by atoms with E-state index in [1.807, 2.05) is 78.6 Å². The second-order valence-electron chi connectivity index (χ2n) is 9.45. The molecule has 4 aromatic rings. The number of likely N-dealkylation sites (tertiary alicyclic amines) is 1. The first-order valence-electron chi connectivity index (χ1n) is 12.5. The van der Waals surface area contributed by atoms with Crippen molar-refractivity contribution in [3.63, 3.8) is 0 Å². The Morgan fingerprint density at radius 3 is 2.24 bits per heavy atom. The average Bonchev–Trinajstić information content (AvgIpc) is 2.92. The number of hydrogen-bond donors (Lipinski definition) is 2. The lowest BCUT2D eigenvalue weighted by Crippen LogP contribution is -2.41. The maximum atomic E-state index is 13.3. The van der Waals surface area contributed by atoms with E-state index in [9.17, 15) is 14.4 Å². The first kappa shape index (κ1) is 24.3. The zero-order valence-corrected chi connectivity index (χ0v) is 20.7. The number of amides is 3. The number of rotatable bonds is 5. The fourth-order valence-electron chi connectivity index (χ4n) is 4.87. The van der Waals surface area contributed by atoms with Gasteiger partial charge in [-0.3, -0.25) is 14.4 Å². The van der Waals surface area contributed by atoms with Crippen LogP contribution in [0.2, 0.25) is 0 Å². The van der Waals surface area contributed by atoms with E-state index in [0.29, 0.717) is 48.4 Å². The van der Waals surface area contributed by atoms with E-state index in [1.165, 1.54) is 0 Å². The Morgan fingerprint density at radius 1 is 0.757 bits per heavy atom. The minimum atomic E-state index is -0.281. The van der Waals surface area contributed by atoms with Crippen molar-refractivity contribution in [1.82, 2.24) is 4.90 Å². The Labute approximate surface area is 216 Å².